The van der Waals surface area contributed by atoms with E-state index >= 15 is 0 Å². The van der Waals surface area contributed by atoms with Gasteiger partial charge in [0.25, 0.3) is 0 Å². The number of methoxy groups -OCH3 is 1. The third-order valence-electron chi connectivity index (χ3n) is 2.23. The third-order valence-corrected chi connectivity index (χ3v) is 2.88. The first-order valence-electron chi connectivity index (χ1n) is 5.25. The van der Waals surface area contributed by atoms with E-state index in [1.54, 1.807) is 18.2 Å². The SMILES string of the molecule is COC(=O)C(NC(C)C)c1c(Cl)cccc1Cl. The van der Waals surface area contributed by atoms with Crippen LogP contribution in [0.15, 0.2) is 18.2 Å². The lowest BCUT2D eigenvalue weighted by Crippen LogP contribution is -2.34. The van der Waals surface area contributed by atoms with E-state index < -0.39 is 12.0 Å². The number of carbonyl (C=O) groups is 1. The van der Waals surface area contributed by atoms with Crippen molar-refractivity contribution in [3.8, 4) is 0 Å². The molecule has 0 heterocycles. The lowest BCUT2D eigenvalue weighted by atomic mass is 10.1. The molecule has 0 amide bonds. The predicted molar refractivity (Wildman–Crippen MR) is 69.5 cm³/mol. The molecule has 0 aliphatic rings. The van der Waals surface area contributed by atoms with Gasteiger partial charge in [0.05, 0.1) is 7.11 Å². The van der Waals surface area contributed by atoms with Crippen molar-refractivity contribution in [3.63, 3.8) is 0 Å². The minimum Gasteiger partial charge on any atom is -0.468 e. The van der Waals surface area contributed by atoms with E-state index in [4.69, 9.17) is 27.9 Å². The number of hydrogen-bond acceptors (Lipinski definition) is 3. The smallest absolute Gasteiger partial charge is 0.327 e. The van der Waals surface area contributed by atoms with Crippen molar-refractivity contribution in [2.24, 2.45) is 0 Å². The van der Waals surface area contributed by atoms with Crippen molar-refractivity contribution in [1.82, 2.24) is 5.32 Å². The maximum atomic E-state index is 11.8. The van der Waals surface area contributed by atoms with Crippen LogP contribution in [0.4, 0.5) is 0 Å². The number of hydrogen-bond donors (Lipinski definition) is 1. The number of halogens is 2. The monoisotopic (exact) mass is 275 g/mol. The molecule has 0 radical (unpaired) electrons. The van der Waals surface area contributed by atoms with Crippen LogP contribution in [0.5, 0.6) is 0 Å². The van der Waals surface area contributed by atoms with Crippen LogP contribution in [-0.4, -0.2) is 19.1 Å². The summed E-state index contributed by atoms with van der Waals surface area (Å²) in [5.74, 6) is -0.409. The lowest BCUT2D eigenvalue weighted by Gasteiger charge is -2.21. The second-order valence-electron chi connectivity index (χ2n) is 3.91. The standard InChI is InChI=1S/C12H15Cl2NO2/c1-7(2)15-11(12(16)17-3)10-8(13)5-4-6-9(10)14/h4-7,11,15H,1-3H3. The molecule has 94 valence electrons. The van der Waals surface area contributed by atoms with Gasteiger partial charge in [-0.3, -0.25) is 5.32 Å². The number of rotatable bonds is 4. The van der Waals surface area contributed by atoms with Crippen molar-refractivity contribution < 1.29 is 9.53 Å². The van der Waals surface area contributed by atoms with Gasteiger partial charge in [-0.1, -0.05) is 29.3 Å². The minimum absolute atomic E-state index is 0.103. The van der Waals surface area contributed by atoms with Crippen LogP contribution in [0.2, 0.25) is 10.0 Å². The first-order valence-corrected chi connectivity index (χ1v) is 6.00. The molecule has 0 aromatic heterocycles. The van der Waals surface area contributed by atoms with E-state index in [1.807, 2.05) is 13.8 Å². The van der Waals surface area contributed by atoms with Crippen molar-refractivity contribution in [1.29, 1.82) is 0 Å². The van der Waals surface area contributed by atoms with Crippen molar-refractivity contribution in [3.05, 3.63) is 33.8 Å². The summed E-state index contributed by atoms with van der Waals surface area (Å²) in [4.78, 5) is 11.8. The molecule has 1 rings (SSSR count). The molecule has 5 heteroatoms. The molecule has 0 spiro atoms. The quantitative estimate of drug-likeness (QED) is 0.858. The van der Waals surface area contributed by atoms with Crippen LogP contribution in [0.1, 0.15) is 25.5 Å². The summed E-state index contributed by atoms with van der Waals surface area (Å²) in [5.41, 5.74) is 0.552. The van der Waals surface area contributed by atoms with E-state index in [-0.39, 0.29) is 6.04 Å². The summed E-state index contributed by atoms with van der Waals surface area (Å²) in [6.07, 6.45) is 0. The van der Waals surface area contributed by atoms with Crippen molar-refractivity contribution in [2.75, 3.05) is 7.11 Å². The second-order valence-corrected chi connectivity index (χ2v) is 4.73. The van der Waals surface area contributed by atoms with Gasteiger partial charge in [-0.05, 0) is 26.0 Å². The highest BCUT2D eigenvalue weighted by molar-refractivity contribution is 6.36. The summed E-state index contributed by atoms with van der Waals surface area (Å²) in [6, 6.07) is 4.58. The van der Waals surface area contributed by atoms with E-state index in [0.29, 0.717) is 15.6 Å². The Morgan fingerprint density at radius 2 is 1.82 bits per heavy atom. The third kappa shape index (κ3) is 3.60. The maximum Gasteiger partial charge on any atom is 0.327 e. The van der Waals surface area contributed by atoms with Crippen LogP contribution in [0.3, 0.4) is 0 Å². The number of esters is 1. The fourth-order valence-corrected chi connectivity index (χ4v) is 2.12. The molecule has 1 N–H and O–H groups in total. The zero-order chi connectivity index (χ0) is 13.0. The fraction of sp³-hybridized carbons (Fsp3) is 0.417. The molecule has 0 saturated heterocycles. The maximum absolute atomic E-state index is 11.8. The Morgan fingerprint density at radius 1 is 1.29 bits per heavy atom. The molecule has 0 aliphatic carbocycles. The van der Waals surface area contributed by atoms with Gasteiger partial charge in [-0.25, -0.2) is 4.79 Å². The molecule has 0 fully saturated rings. The Bertz CT molecular complexity index is 387. The van der Waals surface area contributed by atoms with Gasteiger partial charge in [0.15, 0.2) is 0 Å². The Hall–Kier alpha value is -0.770. The second kappa shape index (κ2) is 6.24. The largest absolute Gasteiger partial charge is 0.468 e. The molecule has 17 heavy (non-hydrogen) atoms. The minimum atomic E-state index is -0.652. The van der Waals surface area contributed by atoms with Gasteiger partial charge >= 0.3 is 5.97 Å². The molecule has 1 atom stereocenters. The number of benzene rings is 1. The van der Waals surface area contributed by atoms with Gasteiger partial charge < -0.3 is 4.74 Å². The van der Waals surface area contributed by atoms with Gasteiger partial charge in [0.1, 0.15) is 6.04 Å². The first-order chi connectivity index (χ1) is 7.97. The number of ether oxygens (including phenoxy) is 1. The van der Waals surface area contributed by atoms with Crippen LogP contribution in [-0.2, 0) is 9.53 Å². The number of carbonyl (C=O) groups excluding carboxylic acids is 1. The van der Waals surface area contributed by atoms with Gasteiger partial charge in [-0.15, -0.1) is 0 Å². The molecule has 1 unspecified atom stereocenters. The summed E-state index contributed by atoms with van der Waals surface area (Å²) in [7, 11) is 1.34. The molecular formula is C12H15Cl2NO2. The van der Waals surface area contributed by atoms with Gasteiger partial charge in [-0.2, -0.15) is 0 Å². The van der Waals surface area contributed by atoms with Crippen molar-refractivity contribution in [2.45, 2.75) is 25.9 Å². The molecule has 1 aromatic carbocycles. The van der Waals surface area contributed by atoms with E-state index in [0.717, 1.165) is 0 Å². The fourth-order valence-electron chi connectivity index (χ4n) is 1.51. The lowest BCUT2D eigenvalue weighted by molar-refractivity contribution is -0.143. The van der Waals surface area contributed by atoms with Crippen LogP contribution in [0.25, 0.3) is 0 Å². The zero-order valence-electron chi connectivity index (χ0n) is 9.96. The molecule has 3 nitrogen and oxygen atoms in total. The Morgan fingerprint density at radius 3 is 2.24 bits per heavy atom. The Balaban J connectivity index is 3.17. The summed E-state index contributed by atoms with van der Waals surface area (Å²) >= 11 is 12.2. The highest BCUT2D eigenvalue weighted by Gasteiger charge is 2.26. The van der Waals surface area contributed by atoms with E-state index in [2.05, 4.69) is 5.32 Å². The number of nitrogens with one attached hydrogen (secondary N) is 1. The van der Waals surface area contributed by atoms with E-state index in [1.165, 1.54) is 7.11 Å². The zero-order valence-corrected chi connectivity index (χ0v) is 11.5. The Kier molecular flexibility index (Phi) is 5.25. The molecular weight excluding hydrogens is 261 g/mol. The van der Waals surface area contributed by atoms with Gasteiger partial charge in [0.2, 0.25) is 0 Å². The van der Waals surface area contributed by atoms with Gasteiger partial charge in [0, 0.05) is 21.7 Å². The Labute approximate surface area is 111 Å². The molecule has 0 aliphatic heterocycles. The first kappa shape index (κ1) is 14.3. The highest BCUT2D eigenvalue weighted by atomic mass is 35.5. The normalized spacial score (nSPS) is 12.6. The topological polar surface area (TPSA) is 38.3 Å². The molecule has 1 aromatic rings. The van der Waals surface area contributed by atoms with Crippen molar-refractivity contribution >= 4 is 29.2 Å². The average molecular weight is 276 g/mol. The van der Waals surface area contributed by atoms with Crippen LogP contribution >= 0.6 is 23.2 Å². The summed E-state index contributed by atoms with van der Waals surface area (Å²) in [6.45, 7) is 3.86. The van der Waals surface area contributed by atoms with E-state index in [9.17, 15) is 4.79 Å². The molecule has 0 saturated carbocycles. The van der Waals surface area contributed by atoms with Crippen LogP contribution < -0.4 is 5.32 Å². The summed E-state index contributed by atoms with van der Waals surface area (Å²) < 4.78 is 4.76. The summed E-state index contributed by atoms with van der Waals surface area (Å²) in [5, 5.41) is 3.98. The predicted octanol–water partition coefficient (Wildman–Crippen LogP) is 3.21. The highest BCUT2D eigenvalue weighted by Crippen LogP contribution is 2.31. The van der Waals surface area contributed by atoms with Crippen LogP contribution in [0, 0.1) is 0 Å². The average Bonchev–Trinajstić information content (AvgIpc) is 2.26. The molecule has 0 bridgehead atoms.